The van der Waals surface area contributed by atoms with Crippen LogP contribution in [0.2, 0.25) is 10.0 Å². The molecule has 0 unspecified atom stereocenters. The van der Waals surface area contributed by atoms with Gasteiger partial charge in [0.2, 0.25) is 10.0 Å². The Kier molecular flexibility index (Phi) is 13.5. The van der Waals surface area contributed by atoms with Gasteiger partial charge in [-0.2, -0.15) is 17.5 Å². The highest BCUT2D eigenvalue weighted by atomic mass is 35.5. The van der Waals surface area contributed by atoms with Crippen LogP contribution < -0.4 is 15.4 Å². The number of sulfonamides is 1. The molecule has 0 radical (unpaired) electrons. The number of nitrogens with zero attached hydrogens (tertiary/aromatic N) is 2. The fraction of sp³-hybridized carbons (Fsp3) is 0.600. The molecule has 2 amide bonds. The number of hydrogen-bond acceptors (Lipinski definition) is 9. The summed E-state index contributed by atoms with van der Waals surface area (Å²) in [4.78, 5) is 25.7. The average molecular weight is 810 g/mol. The van der Waals surface area contributed by atoms with Gasteiger partial charge in [-0.1, -0.05) is 23.2 Å². The maximum Gasteiger partial charge on any atom is 0.471 e. The molecule has 0 saturated carbocycles. The monoisotopic (exact) mass is 808 g/mol. The minimum Gasteiger partial charge on any atom is -0.484 e. The van der Waals surface area contributed by atoms with Crippen molar-refractivity contribution in [1.29, 1.82) is 0 Å². The molecule has 0 bridgehead atoms. The Morgan fingerprint density at radius 2 is 1.72 bits per heavy atom. The van der Waals surface area contributed by atoms with E-state index in [0.717, 1.165) is 30.5 Å². The number of hydrogen-bond donors (Lipinski definition) is 2. The molecule has 2 aromatic carbocycles. The second kappa shape index (κ2) is 17.3. The van der Waals surface area contributed by atoms with E-state index in [0.29, 0.717) is 35.2 Å². The summed E-state index contributed by atoms with van der Waals surface area (Å²) >= 11 is 13.1. The molecule has 3 aliphatic rings. The molecule has 18 heteroatoms. The summed E-state index contributed by atoms with van der Waals surface area (Å²) in [6, 6.07) is 9.55. The highest BCUT2D eigenvalue weighted by molar-refractivity contribution is 7.89. The van der Waals surface area contributed by atoms with E-state index < -0.39 is 39.9 Å². The molecule has 53 heavy (non-hydrogen) atoms. The number of alkyl carbamates (subject to hydrolysis) is 1. The Labute approximate surface area is 317 Å². The quantitative estimate of drug-likeness (QED) is 0.252. The first kappa shape index (κ1) is 41.3. The Balaban J connectivity index is 1.17. The molecule has 4 atom stereocenters. The SMILES string of the molecule is CC(C)(C)OC(=O)N[C@@H]1CCCN([C@H]2Cc3c(Cl)cc(Cl)cc3[C@@H]2Oc2ccc(S(=O)(=O)N3CC[C@@H](OCCOCCNC(=O)C(F)(F)F)C3)cc2)C1. The second-order valence-electron chi connectivity index (χ2n) is 14.2. The summed E-state index contributed by atoms with van der Waals surface area (Å²) < 4.78 is 88.0. The third-order valence-corrected chi connectivity index (χ3v) is 11.5. The van der Waals surface area contributed by atoms with E-state index >= 15 is 0 Å². The molecule has 2 aliphatic heterocycles. The molecular weight excluding hydrogens is 764 g/mol. The number of ether oxygens (including phenoxy) is 4. The molecule has 0 spiro atoms. The molecule has 2 aromatic rings. The van der Waals surface area contributed by atoms with E-state index in [1.165, 1.54) is 16.4 Å². The predicted molar refractivity (Wildman–Crippen MR) is 191 cm³/mol. The molecule has 1 aliphatic carbocycles. The van der Waals surface area contributed by atoms with Crippen LogP contribution in [0.1, 0.15) is 57.3 Å². The van der Waals surface area contributed by atoms with Crippen molar-refractivity contribution >= 4 is 45.2 Å². The number of rotatable bonds is 13. The lowest BCUT2D eigenvalue weighted by atomic mass is 10.0. The summed E-state index contributed by atoms with van der Waals surface area (Å²) in [7, 11) is -3.85. The number of benzene rings is 2. The minimum atomic E-state index is -4.95. The standard InChI is InChI=1S/C35H45Cl2F3N4O8S/c1-34(2,3)52-33(46)42-23-5-4-12-43(20-23)30-19-27-28(17-22(36)18-29(27)37)31(30)51-24-6-8-26(9-7-24)53(47,48)44-13-10-25(21-44)50-16-15-49-14-11-41-32(45)35(38,39)40/h6-9,17-18,23,25,30-31H,4-5,10-16,19-21H2,1-3H3,(H,41,45)(H,42,46)/t23-,25-,30+,31+/m1/s1. The first-order valence-electron chi connectivity index (χ1n) is 17.4. The Morgan fingerprint density at radius 3 is 2.42 bits per heavy atom. The number of likely N-dealkylation sites (tertiary alicyclic amines) is 1. The van der Waals surface area contributed by atoms with Crippen LogP contribution in [0.5, 0.6) is 5.75 Å². The van der Waals surface area contributed by atoms with E-state index in [2.05, 4.69) is 10.2 Å². The average Bonchev–Trinajstić information content (AvgIpc) is 3.69. The van der Waals surface area contributed by atoms with E-state index in [4.69, 9.17) is 42.1 Å². The van der Waals surface area contributed by atoms with Crippen molar-refractivity contribution < 1.29 is 50.1 Å². The van der Waals surface area contributed by atoms with E-state index in [1.54, 1.807) is 23.5 Å². The van der Waals surface area contributed by atoms with Gasteiger partial charge >= 0.3 is 18.2 Å². The fourth-order valence-electron chi connectivity index (χ4n) is 6.73. The fourth-order valence-corrected chi connectivity index (χ4v) is 8.80. The number of halogens is 5. The number of carbonyl (C=O) groups excluding carboxylic acids is 2. The Morgan fingerprint density at radius 1 is 0.981 bits per heavy atom. The van der Waals surface area contributed by atoms with Gasteiger partial charge in [-0.3, -0.25) is 9.69 Å². The summed E-state index contributed by atoms with van der Waals surface area (Å²) in [6.45, 7) is 6.94. The number of piperidine rings is 1. The lowest BCUT2D eigenvalue weighted by Gasteiger charge is -2.39. The van der Waals surface area contributed by atoms with Gasteiger partial charge in [-0.15, -0.1) is 0 Å². The third-order valence-electron chi connectivity index (χ3n) is 9.11. The highest BCUT2D eigenvalue weighted by Gasteiger charge is 2.42. The number of amides is 2. The summed E-state index contributed by atoms with van der Waals surface area (Å²) in [5, 5.41) is 5.73. The van der Waals surface area contributed by atoms with Gasteiger partial charge in [0.25, 0.3) is 0 Å². The van der Waals surface area contributed by atoms with Crippen molar-refractivity contribution in [2.24, 2.45) is 0 Å². The zero-order valence-electron chi connectivity index (χ0n) is 29.7. The Hall–Kier alpha value is -2.86. The number of fused-ring (bicyclic) bond motifs is 1. The second-order valence-corrected chi connectivity index (χ2v) is 17.0. The van der Waals surface area contributed by atoms with Crippen LogP contribution in [-0.4, -0.2) is 112 Å². The summed E-state index contributed by atoms with van der Waals surface area (Å²) in [5.41, 5.74) is 1.17. The van der Waals surface area contributed by atoms with Gasteiger partial charge in [0.1, 0.15) is 17.5 Å². The molecule has 2 N–H and O–H groups in total. The molecule has 2 saturated heterocycles. The number of nitrogens with one attached hydrogen (secondary N) is 2. The number of alkyl halides is 3. The maximum atomic E-state index is 13.5. The van der Waals surface area contributed by atoms with Crippen LogP contribution in [0, 0.1) is 0 Å². The normalized spacial score (nSPS) is 22.7. The topological polar surface area (TPSA) is 136 Å². The van der Waals surface area contributed by atoms with Gasteiger partial charge in [0.05, 0.1) is 36.9 Å². The molecule has 2 heterocycles. The van der Waals surface area contributed by atoms with Crippen LogP contribution in [-0.2, 0) is 35.4 Å². The molecule has 0 aromatic heterocycles. The van der Waals surface area contributed by atoms with Crippen molar-refractivity contribution in [1.82, 2.24) is 19.8 Å². The van der Waals surface area contributed by atoms with Gasteiger partial charge in [0, 0.05) is 47.8 Å². The van der Waals surface area contributed by atoms with Crippen LogP contribution >= 0.6 is 23.2 Å². The van der Waals surface area contributed by atoms with Gasteiger partial charge in [-0.25, -0.2) is 13.2 Å². The molecule has 294 valence electrons. The molecule has 12 nitrogen and oxygen atoms in total. The zero-order valence-corrected chi connectivity index (χ0v) is 32.0. The van der Waals surface area contributed by atoms with E-state index in [9.17, 15) is 31.2 Å². The van der Waals surface area contributed by atoms with Gasteiger partial charge < -0.3 is 29.6 Å². The molecule has 2 fully saturated rings. The van der Waals surface area contributed by atoms with Crippen LogP contribution in [0.3, 0.4) is 0 Å². The maximum absolute atomic E-state index is 13.5. The summed E-state index contributed by atoms with van der Waals surface area (Å²) in [5.74, 6) is -1.57. The first-order valence-corrected chi connectivity index (χ1v) is 19.6. The predicted octanol–water partition coefficient (Wildman–Crippen LogP) is 5.50. The lowest BCUT2D eigenvalue weighted by Crippen LogP contribution is -2.53. The van der Waals surface area contributed by atoms with E-state index in [1.807, 2.05) is 26.8 Å². The Bertz CT molecular complexity index is 1710. The highest BCUT2D eigenvalue weighted by Crippen LogP contribution is 2.43. The first-order chi connectivity index (χ1) is 24.9. The van der Waals surface area contributed by atoms with Crippen molar-refractivity contribution in [2.75, 3.05) is 52.5 Å². The largest absolute Gasteiger partial charge is 0.484 e. The van der Waals surface area contributed by atoms with Gasteiger partial charge in [-0.05, 0) is 95.0 Å². The zero-order chi connectivity index (χ0) is 38.6. The smallest absolute Gasteiger partial charge is 0.471 e. The van der Waals surface area contributed by atoms with Crippen LogP contribution in [0.25, 0.3) is 0 Å². The van der Waals surface area contributed by atoms with Crippen LogP contribution in [0.4, 0.5) is 18.0 Å². The van der Waals surface area contributed by atoms with Crippen LogP contribution in [0.15, 0.2) is 41.3 Å². The van der Waals surface area contributed by atoms with Crippen molar-refractivity contribution in [3.63, 3.8) is 0 Å². The van der Waals surface area contributed by atoms with E-state index in [-0.39, 0.29) is 62.5 Å². The van der Waals surface area contributed by atoms with Crippen molar-refractivity contribution in [3.8, 4) is 5.75 Å². The molecule has 5 rings (SSSR count). The number of carbonyl (C=O) groups is 2. The van der Waals surface area contributed by atoms with Crippen molar-refractivity contribution in [3.05, 3.63) is 57.6 Å². The lowest BCUT2D eigenvalue weighted by molar-refractivity contribution is -0.173. The minimum absolute atomic E-state index is 0.0681. The van der Waals surface area contributed by atoms with Crippen molar-refractivity contribution in [2.45, 2.75) is 87.4 Å². The third kappa shape index (κ3) is 11.1. The summed E-state index contributed by atoms with van der Waals surface area (Å²) in [6.07, 6.45) is -3.54. The molecular formula is C35H45Cl2F3N4O8S. The van der Waals surface area contributed by atoms with Gasteiger partial charge in [0.15, 0.2) is 0 Å².